The number of rotatable bonds is 0. The Morgan fingerprint density at radius 1 is 1.60 bits per heavy atom. The van der Waals surface area contributed by atoms with Gasteiger partial charge in [0.2, 0.25) is 0 Å². The molecule has 0 saturated carbocycles. The van der Waals surface area contributed by atoms with Gasteiger partial charge in [0.1, 0.15) is 0 Å². The van der Waals surface area contributed by atoms with Gasteiger partial charge in [-0.2, -0.15) is 0 Å². The maximum absolute atomic E-state index is 7.88. The Hall–Kier alpha value is 1.33. The van der Waals surface area contributed by atoms with Crippen molar-refractivity contribution in [1.29, 1.82) is 0 Å². The van der Waals surface area contributed by atoms with Crippen LogP contribution in [0.5, 0.6) is 0 Å². The Morgan fingerprint density at radius 3 is 1.60 bits per heavy atom. The Bertz CT molecular complexity index is 14.4. The van der Waals surface area contributed by atoms with Gasteiger partial charge in [-0.05, 0) is 0 Å². The summed E-state index contributed by atoms with van der Waals surface area (Å²) in [5, 5.41) is 7.88. The van der Waals surface area contributed by atoms with Crippen molar-refractivity contribution >= 4 is 0 Å². The molecule has 0 aliphatic rings. The zero-order chi connectivity index (χ0) is 2.71. The molecule has 0 radical (unpaired) electrons. The van der Waals surface area contributed by atoms with Crippen molar-refractivity contribution in [3.05, 3.63) is 9.71 Å². The molecule has 0 aliphatic heterocycles. The summed E-state index contributed by atoms with van der Waals surface area (Å²) in [5.74, 6) is 0. The summed E-state index contributed by atoms with van der Waals surface area (Å²) in [6, 6.07) is 0. The first-order valence-corrected chi connectivity index (χ1v) is 0.333. The topological polar surface area (TPSA) is 51.4 Å². The molecule has 5 heavy (non-hydrogen) atoms. The SMILES string of the molecule is O=[O+][O-].[Cl-].[K+]. The van der Waals surface area contributed by atoms with E-state index in [1.807, 2.05) is 0 Å². The molecule has 0 aromatic heterocycles. The monoisotopic (exact) mass is 122 g/mol. The Labute approximate surface area is 77.4 Å². The van der Waals surface area contributed by atoms with Gasteiger partial charge >= 0.3 is 51.4 Å². The van der Waals surface area contributed by atoms with Crippen molar-refractivity contribution in [2.75, 3.05) is 0 Å². The quantitative estimate of drug-likeness (QED) is 0.139. The zero-order valence-electron chi connectivity index (χ0n) is 2.60. The standard InChI is InChI=1S/ClH.K.O3/c;;1-3-2/h1H;;/q;+1;/p-1. The molecular weight excluding hydrogens is 123 g/mol. The average molecular weight is 123 g/mol. The summed E-state index contributed by atoms with van der Waals surface area (Å²) in [4.78, 5) is 7.88. The first-order valence-electron chi connectivity index (χ1n) is 0.333. The normalized spacial score (nSPS) is 2.40. The smallest absolute Gasteiger partial charge is 1.00 e. The second-order valence-corrected chi connectivity index (χ2v) is 0.0680. The summed E-state index contributed by atoms with van der Waals surface area (Å²) in [7, 11) is 0. The molecule has 3 nitrogen and oxygen atoms in total. The zero-order valence-corrected chi connectivity index (χ0v) is 6.48. The van der Waals surface area contributed by atoms with E-state index in [0.29, 0.717) is 0 Å². The molecule has 0 unspecified atom stereocenters. The molecular formula is ClKO3. The minimum Gasteiger partial charge on any atom is -1.00 e. The van der Waals surface area contributed by atoms with Crippen molar-refractivity contribution in [3.8, 4) is 0 Å². The number of halogens is 1. The van der Waals surface area contributed by atoms with Crippen LogP contribution in [0.1, 0.15) is 0 Å². The maximum Gasteiger partial charge on any atom is 1.00 e. The van der Waals surface area contributed by atoms with Crippen LogP contribution in [-0.2, 0) is 0 Å². The van der Waals surface area contributed by atoms with Gasteiger partial charge in [0.05, 0.1) is 0 Å². The van der Waals surface area contributed by atoms with Crippen LogP contribution in [0, 0.1) is 9.71 Å². The van der Waals surface area contributed by atoms with Gasteiger partial charge in [0.15, 0.2) is 4.75 Å². The fourth-order valence-electron chi connectivity index (χ4n) is 0. The largest absolute Gasteiger partial charge is 1.00 e. The molecule has 0 aliphatic carbocycles. The molecule has 0 rings (SSSR count). The van der Waals surface area contributed by atoms with E-state index >= 15 is 0 Å². The third kappa shape index (κ3) is 33.5. The van der Waals surface area contributed by atoms with Crippen molar-refractivity contribution in [2.45, 2.75) is 0 Å². The number of hydrogen-bond donors (Lipinski definition) is 0. The fourth-order valence-corrected chi connectivity index (χ4v) is 0. The van der Waals surface area contributed by atoms with Crippen LogP contribution >= 0.6 is 0 Å². The van der Waals surface area contributed by atoms with E-state index in [-0.39, 0.29) is 63.8 Å². The molecule has 0 fully saturated rings. The van der Waals surface area contributed by atoms with Crippen LogP contribution in [0.15, 0.2) is 0 Å². The second kappa shape index (κ2) is 18.4. The average Bonchev–Trinajstić information content (AvgIpc) is 0.918. The summed E-state index contributed by atoms with van der Waals surface area (Å²) in [5.41, 5.74) is 0. The van der Waals surface area contributed by atoms with Gasteiger partial charge in [-0.3, -0.25) is 0 Å². The van der Waals surface area contributed by atoms with E-state index in [1.165, 1.54) is 0 Å². The third-order valence-electron chi connectivity index (χ3n) is 0. The molecule has 0 heterocycles. The molecule has 0 atom stereocenters. The molecule has 5 heteroatoms. The van der Waals surface area contributed by atoms with Gasteiger partial charge in [-0.25, -0.2) is 0 Å². The van der Waals surface area contributed by atoms with Crippen molar-refractivity contribution in [2.24, 2.45) is 0 Å². The molecule has 0 N–H and O–H groups in total. The molecule has 0 amide bonds. The van der Waals surface area contributed by atoms with Gasteiger partial charge in [0.25, 0.3) is 0 Å². The molecule has 26 valence electrons. The van der Waals surface area contributed by atoms with Crippen LogP contribution in [0.4, 0.5) is 0 Å². The van der Waals surface area contributed by atoms with Gasteiger partial charge < -0.3 is 12.4 Å². The van der Waals surface area contributed by atoms with Gasteiger partial charge in [-0.15, -0.1) is 0 Å². The molecule has 0 bridgehead atoms. The van der Waals surface area contributed by atoms with Crippen molar-refractivity contribution in [3.63, 3.8) is 0 Å². The van der Waals surface area contributed by atoms with Crippen molar-refractivity contribution in [1.82, 2.24) is 0 Å². The second-order valence-electron chi connectivity index (χ2n) is 0.0680. The Kier molecular flexibility index (Phi) is 59.8. The molecule has 0 saturated heterocycles. The molecule has 0 aromatic carbocycles. The van der Waals surface area contributed by atoms with Crippen LogP contribution in [0.2, 0.25) is 0 Å². The van der Waals surface area contributed by atoms with Gasteiger partial charge in [-0.1, -0.05) is 10.2 Å². The van der Waals surface area contributed by atoms with Gasteiger partial charge in [0, 0.05) is 0 Å². The summed E-state index contributed by atoms with van der Waals surface area (Å²) >= 11 is 0. The first kappa shape index (κ1) is 16.2. The van der Waals surface area contributed by atoms with Crippen molar-refractivity contribution < 1.29 is 69.0 Å². The van der Waals surface area contributed by atoms with E-state index in [4.69, 9.17) is 10.2 Å². The minimum absolute atomic E-state index is 0. The van der Waals surface area contributed by atoms with Crippen LogP contribution in [0.25, 0.3) is 0 Å². The predicted octanol–water partition coefficient (Wildman–Crippen LogP) is -7.11. The minimum atomic E-state index is 0. The summed E-state index contributed by atoms with van der Waals surface area (Å²) in [6.45, 7) is 0. The van der Waals surface area contributed by atoms with Crippen LogP contribution in [-0.4, -0.2) is 0 Å². The first-order chi connectivity index (χ1) is 1.41. The summed E-state index contributed by atoms with van der Waals surface area (Å²) in [6.07, 6.45) is 0. The Morgan fingerprint density at radius 2 is 1.60 bits per heavy atom. The van der Waals surface area contributed by atoms with Crippen LogP contribution in [0.3, 0.4) is 0 Å². The number of hydrogen-bond acceptors (Lipinski definition) is 2. The molecule has 0 spiro atoms. The van der Waals surface area contributed by atoms with E-state index in [2.05, 4.69) is 0 Å². The molecule has 0 aromatic rings. The third-order valence-corrected chi connectivity index (χ3v) is 0. The Balaban J connectivity index is -0.0000000200. The van der Waals surface area contributed by atoms with E-state index in [9.17, 15) is 0 Å². The van der Waals surface area contributed by atoms with E-state index < -0.39 is 0 Å². The fraction of sp³-hybridized carbons (Fsp3) is 0. The predicted molar refractivity (Wildman–Crippen MR) is 6.73 cm³/mol. The van der Waals surface area contributed by atoms with Crippen LogP contribution < -0.4 is 69.0 Å². The van der Waals surface area contributed by atoms with E-state index in [1.54, 1.807) is 4.75 Å². The van der Waals surface area contributed by atoms with E-state index in [0.717, 1.165) is 0 Å². The summed E-state index contributed by atoms with van der Waals surface area (Å²) < 4.78 is 1.75. The maximum atomic E-state index is 7.88.